The highest BCUT2D eigenvalue weighted by Crippen LogP contribution is 2.44. The number of nitrogens with zero attached hydrogens (tertiary/aromatic N) is 3. The lowest BCUT2D eigenvalue weighted by Crippen LogP contribution is -2.50. The van der Waals surface area contributed by atoms with Gasteiger partial charge in [-0.05, 0) is 56.8 Å². The Morgan fingerprint density at radius 2 is 1.59 bits per heavy atom. The first-order chi connectivity index (χ1) is 17.6. The Morgan fingerprint density at radius 1 is 0.919 bits per heavy atom. The molecular weight excluding hydrogens is 509 g/mol. The van der Waals surface area contributed by atoms with E-state index in [9.17, 15) is 31.5 Å². The molecule has 1 amide bonds. The van der Waals surface area contributed by atoms with Crippen LogP contribution in [0.3, 0.4) is 0 Å². The lowest BCUT2D eigenvalue weighted by Gasteiger charge is -2.42. The fourth-order valence-electron chi connectivity index (χ4n) is 7.59. The maximum atomic E-state index is 14.0. The zero-order valence-corrected chi connectivity index (χ0v) is 22.2. The molecule has 0 aromatic carbocycles. The van der Waals surface area contributed by atoms with E-state index in [1.807, 2.05) is 0 Å². The highest BCUT2D eigenvalue weighted by molar-refractivity contribution is 7.89. The number of hydrazine groups is 1. The summed E-state index contributed by atoms with van der Waals surface area (Å²) in [4.78, 5) is 14.9. The van der Waals surface area contributed by atoms with Crippen LogP contribution in [0, 0.1) is 23.7 Å². The largest absolute Gasteiger partial charge is 0.406 e. The van der Waals surface area contributed by atoms with Crippen molar-refractivity contribution in [1.29, 1.82) is 0 Å². The molecule has 5 atom stereocenters. The first-order valence-electron chi connectivity index (χ1n) is 14.1. The molecule has 8 nitrogen and oxygen atoms in total. The third kappa shape index (κ3) is 5.55. The van der Waals surface area contributed by atoms with E-state index in [2.05, 4.69) is 5.43 Å². The number of hydrogen-bond donors (Lipinski definition) is 2. The molecule has 5 unspecified atom stereocenters. The van der Waals surface area contributed by atoms with Gasteiger partial charge < -0.3 is 10.0 Å². The predicted molar refractivity (Wildman–Crippen MR) is 132 cm³/mol. The number of carbonyl (C=O) groups is 1. The van der Waals surface area contributed by atoms with Crippen LogP contribution in [0.1, 0.15) is 64.2 Å². The molecule has 5 aliphatic rings. The summed E-state index contributed by atoms with van der Waals surface area (Å²) in [6.45, 7) is 2.04. The van der Waals surface area contributed by atoms with Gasteiger partial charge in [0.25, 0.3) is 0 Å². The van der Waals surface area contributed by atoms with Crippen molar-refractivity contribution in [2.75, 3.05) is 39.3 Å². The monoisotopic (exact) mass is 550 g/mol. The van der Waals surface area contributed by atoms with E-state index < -0.39 is 40.1 Å². The molecule has 0 spiro atoms. The molecule has 4 aliphatic heterocycles. The van der Waals surface area contributed by atoms with Crippen LogP contribution in [-0.2, 0) is 14.8 Å². The third-order valence-electron chi connectivity index (χ3n) is 9.76. The number of carbonyl (C=O) groups excluding carboxylic acids is 1. The van der Waals surface area contributed by atoms with Crippen molar-refractivity contribution in [2.45, 2.75) is 87.7 Å². The molecule has 0 radical (unpaired) electrons. The molecule has 4 heterocycles. The van der Waals surface area contributed by atoms with Gasteiger partial charge >= 0.3 is 6.18 Å². The fraction of sp³-hybridized carbons (Fsp3) is 0.960. The fourth-order valence-corrected chi connectivity index (χ4v) is 9.66. The van der Waals surface area contributed by atoms with Crippen LogP contribution in [0.5, 0.6) is 0 Å². The molecule has 37 heavy (non-hydrogen) atoms. The quantitative estimate of drug-likeness (QED) is 0.546. The van der Waals surface area contributed by atoms with Crippen LogP contribution >= 0.6 is 0 Å². The predicted octanol–water partition coefficient (Wildman–Crippen LogP) is 2.35. The van der Waals surface area contributed by atoms with Crippen LogP contribution in [0.15, 0.2) is 0 Å². The summed E-state index contributed by atoms with van der Waals surface area (Å²) in [5.41, 5.74) is 2.62. The molecule has 2 N–H and O–H groups in total. The Balaban J connectivity index is 1.24. The first-order valence-corrected chi connectivity index (χ1v) is 15.6. The molecule has 212 valence electrons. The summed E-state index contributed by atoms with van der Waals surface area (Å²) in [6.07, 6.45) is 3.27. The Labute approximate surface area is 217 Å². The summed E-state index contributed by atoms with van der Waals surface area (Å²) in [6, 6.07) is -2.44. The summed E-state index contributed by atoms with van der Waals surface area (Å²) < 4.78 is 70.0. The number of likely N-dealkylation sites (tertiary alicyclic amines) is 1. The molecule has 0 aromatic heterocycles. The van der Waals surface area contributed by atoms with Crippen molar-refractivity contribution < 1.29 is 31.5 Å². The zero-order chi connectivity index (χ0) is 26.4. The van der Waals surface area contributed by atoms with Crippen LogP contribution in [-0.4, -0.2) is 96.5 Å². The van der Waals surface area contributed by atoms with Crippen LogP contribution in [0.2, 0.25) is 0 Å². The van der Waals surface area contributed by atoms with E-state index in [0.717, 1.165) is 51.4 Å². The van der Waals surface area contributed by atoms with E-state index in [1.54, 1.807) is 9.31 Å². The Morgan fingerprint density at radius 3 is 2.22 bits per heavy atom. The van der Waals surface area contributed by atoms with Gasteiger partial charge in [0.2, 0.25) is 15.9 Å². The van der Waals surface area contributed by atoms with Crippen molar-refractivity contribution in [3.63, 3.8) is 0 Å². The molecule has 0 bridgehead atoms. The number of fused-ring (bicyclic) bond motifs is 1. The normalized spacial score (nSPS) is 35.7. The number of halogens is 3. The second kappa shape index (κ2) is 10.9. The molecular formula is C25H41F3N4O4S. The SMILES string of the molecule is O=C(C1C2CC(C3CCN(S(=O)(=O)C4CCCCC4)CC3)CCN2NC1C(F)(F)F)N1CCC(CO)C1. The van der Waals surface area contributed by atoms with Crippen molar-refractivity contribution in [3.8, 4) is 0 Å². The lowest BCUT2D eigenvalue weighted by molar-refractivity contribution is -0.172. The minimum absolute atomic E-state index is 0.0673. The number of aliphatic hydroxyl groups excluding tert-OH is 1. The number of aliphatic hydroxyl groups is 1. The summed E-state index contributed by atoms with van der Waals surface area (Å²) in [5.74, 6) is -1.31. The topological polar surface area (TPSA) is 93.2 Å². The summed E-state index contributed by atoms with van der Waals surface area (Å²) in [5, 5.41) is 10.8. The Kier molecular flexibility index (Phi) is 8.14. The number of hydrogen-bond acceptors (Lipinski definition) is 6. The standard InChI is InChI=1S/C25H41F3N4O4S/c26-25(27,28)23-22(24(34)30-10-6-17(15-30)16-33)21-14-19(9-13-32(21)29-23)18-7-11-31(12-8-18)37(35,36)20-4-2-1-3-5-20/h17-23,29,33H,1-16H2. The molecule has 12 heteroatoms. The minimum atomic E-state index is -4.54. The first kappa shape index (κ1) is 27.6. The van der Waals surface area contributed by atoms with Crippen LogP contribution < -0.4 is 5.43 Å². The van der Waals surface area contributed by atoms with Gasteiger partial charge in [0, 0.05) is 51.3 Å². The van der Waals surface area contributed by atoms with Gasteiger partial charge in [0.1, 0.15) is 6.04 Å². The number of piperidine rings is 2. The third-order valence-corrected chi connectivity index (χ3v) is 12.2. The zero-order valence-electron chi connectivity index (χ0n) is 21.4. The van der Waals surface area contributed by atoms with Crippen molar-refractivity contribution >= 4 is 15.9 Å². The van der Waals surface area contributed by atoms with Crippen molar-refractivity contribution in [1.82, 2.24) is 19.6 Å². The number of sulfonamides is 1. The number of nitrogens with one attached hydrogen (secondary N) is 1. The lowest BCUT2D eigenvalue weighted by atomic mass is 9.74. The molecule has 5 rings (SSSR count). The van der Waals surface area contributed by atoms with E-state index in [0.29, 0.717) is 45.6 Å². The van der Waals surface area contributed by atoms with E-state index in [1.165, 1.54) is 4.90 Å². The number of rotatable bonds is 5. The van der Waals surface area contributed by atoms with Gasteiger partial charge in [-0.25, -0.2) is 23.2 Å². The minimum Gasteiger partial charge on any atom is -0.396 e. The second-order valence-corrected chi connectivity index (χ2v) is 14.1. The molecule has 0 aromatic rings. The molecule has 4 saturated heterocycles. The average Bonchev–Trinajstić information content (AvgIpc) is 3.54. The molecule has 5 fully saturated rings. The second-order valence-electron chi connectivity index (χ2n) is 11.9. The van der Waals surface area contributed by atoms with Gasteiger partial charge in [0.05, 0.1) is 11.2 Å². The highest BCUT2D eigenvalue weighted by Gasteiger charge is 2.59. The van der Waals surface area contributed by atoms with Crippen molar-refractivity contribution in [3.05, 3.63) is 0 Å². The summed E-state index contributed by atoms with van der Waals surface area (Å²) >= 11 is 0. The molecule has 1 saturated carbocycles. The molecule has 1 aliphatic carbocycles. The van der Waals surface area contributed by atoms with E-state index in [4.69, 9.17) is 0 Å². The van der Waals surface area contributed by atoms with Gasteiger partial charge in [-0.3, -0.25) is 4.79 Å². The summed E-state index contributed by atoms with van der Waals surface area (Å²) in [7, 11) is -3.29. The maximum Gasteiger partial charge on any atom is 0.406 e. The van der Waals surface area contributed by atoms with Crippen LogP contribution in [0.4, 0.5) is 13.2 Å². The van der Waals surface area contributed by atoms with Crippen LogP contribution in [0.25, 0.3) is 0 Å². The number of amides is 1. The Hall–Kier alpha value is -0.950. The van der Waals surface area contributed by atoms with Gasteiger partial charge in [-0.2, -0.15) is 13.2 Å². The van der Waals surface area contributed by atoms with Gasteiger partial charge in [-0.15, -0.1) is 0 Å². The maximum absolute atomic E-state index is 14.0. The van der Waals surface area contributed by atoms with E-state index >= 15 is 0 Å². The van der Waals surface area contributed by atoms with Crippen molar-refractivity contribution in [2.24, 2.45) is 23.7 Å². The van der Waals surface area contributed by atoms with Gasteiger partial charge in [-0.1, -0.05) is 19.3 Å². The van der Waals surface area contributed by atoms with E-state index in [-0.39, 0.29) is 29.6 Å². The highest BCUT2D eigenvalue weighted by atomic mass is 32.2. The Bertz CT molecular complexity index is 921. The van der Waals surface area contributed by atoms with Gasteiger partial charge in [0.15, 0.2) is 0 Å². The smallest absolute Gasteiger partial charge is 0.396 e. The average molecular weight is 551 g/mol. The number of alkyl halides is 3.